The molecule has 0 aliphatic carbocycles. The quantitative estimate of drug-likeness (QED) is 0.767. The molecule has 28 heavy (non-hydrogen) atoms. The van der Waals surface area contributed by atoms with Gasteiger partial charge in [-0.3, -0.25) is 4.79 Å². The maximum absolute atomic E-state index is 13.1. The van der Waals surface area contributed by atoms with Crippen molar-refractivity contribution in [3.63, 3.8) is 0 Å². The zero-order valence-corrected chi connectivity index (χ0v) is 16.8. The predicted octanol–water partition coefficient (Wildman–Crippen LogP) is 3.66. The molecule has 1 N–H and O–H groups in total. The molecule has 0 aromatic heterocycles. The summed E-state index contributed by atoms with van der Waals surface area (Å²) in [5, 5.41) is 2.87. The van der Waals surface area contributed by atoms with Crippen molar-refractivity contribution in [2.45, 2.75) is 43.5 Å². The van der Waals surface area contributed by atoms with E-state index >= 15 is 0 Å². The van der Waals surface area contributed by atoms with Crippen molar-refractivity contribution >= 4 is 21.6 Å². The van der Waals surface area contributed by atoms with Gasteiger partial charge >= 0.3 is 0 Å². The zero-order chi connectivity index (χ0) is 20.0. The van der Waals surface area contributed by atoms with Gasteiger partial charge in [0.05, 0.1) is 17.2 Å². The van der Waals surface area contributed by atoms with Crippen LogP contribution in [0.2, 0.25) is 0 Å². The Labute approximate surface area is 166 Å². The maximum Gasteiger partial charge on any atom is 0.243 e. The molecule has 1 aliphatic heterocycles. The number of ether oxygens (including phenoxy) is 1. The molecule has 1 aliphatic rings. The number of benzene rings is 2. The molecule has 1 saturated heterocycles. The second-order valence-corrected chi connectivity index (χ2v) is 8.65. The second-order valence-electron chi connectivity index (χ2n) is 6.76. The van der Waals surface area contributed by atoms with Gasteiger partial charge in [0.2, 0.25) is 15.9 Å². The van der Waals surface area contributed by atoms with E-state index in [1.165, 1.54) is 4.31 Å². The molecule has 1 amide bonds. The Morgan fingerprint density at radius 2 is 1.82 bits per heavy atom. The van der Waals surface area contributed by atoms with Crippen LogP contribution in [0.15, 0.2) is 59.5 Å². The summed E-state index contributed by atoms with van der Waals surface area (Å²) in [6.07, 6.45) is 2.50. The number of para-hydroxylation sites is 2. The first-order chi connectivity index (χ1) is 13.5. The van der Waals surface area contributed by atoms with Gasteiger partial charge in [0.25, 0.3) is 0 Å². The van der Waals surface area contributed by atoms with Crippen LogP contribution >= 0.6 is 0 Å². The van der Waals surface area contributed by atoms with Crippen LogP contribution < -0.4 is 10.1 Å². The lowest BCUT2D eigenvalue weighted by atomic mass is 10.0. The van der Waals surface area contributed by atoms with Crippen molar-refractivity contribution < 1.29 is 17.9 Å². The SMILES string of the molecule is CCOc1ccccc1NC(=O)CC1CCCCN1S(=O)(=O)c1ccccc1. The lowest BCUT2D eigenvalue weighted by Gasteiger charge is -2.34. The summed E-state index contributed by atoms with van der Waals surface area (Å²) in [5.41, 5.74) is 0.600. The van der Waals surface area contributed by atoms with Crippen LogP contribution in [0.25, 0.3) is 0 Å². The van der Waals surface area contributed by atoms with Gasteiger partial charge in [0.15, 0.2) is 0 Å². The van der Waals surface area contributed by atoms with Crippen LogP contribution in [0.1, 0.15) is 32.6 Å². The van der Waals surface area contributed by atoms with Gasteiger partial charge in [0, 0.05) is 19.0 Å². The Kier molecular flexibility index (Phi) is 6.70. The molecule has 7 heteroatoms. The Morgan fingerprint density at radius 3 is 2.57 bits per heavy atom. The Bertz CT molecular complexity index is 900. The first-order valence-electron chi connectivity index (χ1n) is 9.61. The Balaban J connectivity index is 1.74. The number of rotatable bonds is 7. The summed E-state index contributed by atoms with van der Waals surface area (Å²) in [5.74, 6) is 0.392. The van der Waals surface area contributed by atoms with Crippen LogP contribution in [-0.2, 0) is 14.8 Å². The third-order valence-corrected chi connectivity index (χ3v) is 6.77. The van der Waals surface area contributed by atoms with E-state index in [0.29, 0.717) is 31.0 Å². The Hall–Kier alpha value is -2.38. The molecule has 1 fully saturated rings. The minimum absolute atomic E-state index is 0.118. The molecule has 0 saturated carbocycles. The molecule has 3 rings (SSSR count). The number of sulfonamides is 1. The van der Waals surface area contributed by atoms with Gasteiger partial charge in [-0.1, -0.05) is 36.8 Å². The van der Waals surface area contributed by atoms with Crippen molar-refractivity contribution in [1.82, 2.24) is 4.31 Å². The topological polar surface area (TPSA) is 75.7 Å². The fourth-order valence-electron chi connectivity index (χ4n) is 3.49. The molecule has 6 nitrogen and oxygen atoms in total. The van der Waals surface area contributed by atoms with Gasteiger partial charge in [-0.05, 0) is 44.0 Å². The first-order valence-corrected chi connectivity index (χ1v) is 11.0. The molecule has 0 bridgehead atoms. The molecule has 1 unspecified atom stereocenters. The standard InChI is InChI=1S/C21H26N2O4S/c1-2-27-20-14-7-6-13-19(20)22-21(24)16-17-10-8-9-15-23(17)28(25,26)18-11-4-3-5-12-18/h3-7,11-14,17H,2,8-10,15-16H2,1H3,(H,22,24). The van der Waals surface area contributed by atoms with Gasteiger partial charge in [-0.15, -0.1) is 0 Å². The normalized spacial score (nSPS) is 17.8. The second kappa shape index (κ2) is 9.21. The summed E-state index contributed by atoms with van der Waals surface area (Å²) in [6, 6.07) is 15.3. The summed E-state index contributed by atoms with van der Waals surface area (Å²) < 4.78 is 33.1. The lowest BCUT2D eigenvalue weighted by Crippen LogP contribution is -2.45. The molecule has 0 spiro atoms. The number of carbonyl (C=O) groups is 1. The lowest BCUT2D eigenvalue weighted by molar-refractivity contribution is -0.117. The predicted molar refractivity (Wildman–Crippen MR) is 109 cm³/mol. The monoisotopic (exact) mass is 402 g/mol. The third kappa shape index (κ3) is 4.72. The van der Waals surface area contributed by atoms with Crippen molar-refractivity contribution in [2.75, 3.05) is 18.5 Å². The molecular weight excluding hydrogens is 376 g/mol. The van der Waals surface area contributed by atoms with Crippen molar-refractivity contribution in [3.8, 4) is 5.75 Å². The Morgan fingerprint density at radius 1 is 1.11 bits per heavy atom. The van der Waals surface area contributed by atoms with E-state index in [-0.39, 0.29) is 23.3 Å². The number of nitrogens with zero attached hydrogens (tertiary/aromatic N) is 1. The van der Waals surface area contributed by atoms with Crippen LogP contribution in [-0.4, -0.2) is 37.8 Å². The maximum atomic E-state index is 13.1. The number of piperidine rings is 1. The average Bonchev–Trinajstić information content (AvgIpc) is 2.70. The number of carbonyl (C=O) groups excluding carboxylic acids is 1. The summed E-state index contributed by atoms with van der Waals surface area (Å²) in [4.78, 5) is 12.9. The number of amides is 1. The van der Waals surface area contributed by atoms with Crippen molar-refractivity contribution in [2.24, 2.45) is 0 Å². The van der Waals surface area contributed by atoms with E-state index in [0.717, 1.165) is 12.8 Å². The molecule has 0 radical (unpaired) electrons. The number of nitrogens with one attached hydrogen (secondary N) is 1. The van der Waals surface area contributed by atoms with E-state index in [1.54, 1.807) is 42.5 Å². The van der Waals surface area contributed by atoms with E-state index in [2.05, 4.69) is 5.32 Å². The minimum atomic E-state index is -3.62. The highest BCUT2D eigenvalue weighted by atomic mass is 32.2. The van der Waals surface area contributed by atoms with Crippen molar-refractivity contribution in [3.05, 3.63) is 54.6 Å². The molecule has 1 heterocycles. The van der Waals surface area contributed by atoms with Crippen LogP contribution in [0.4, 0.5) is 5.69 Å². The van der Waals surface area contributed by atoms with E-state index in [9.17, 15) is 13.2 Å². The van der Waals surface area contributed by atoms with Crippen LogP contribution in [0.5, 0.6) is 5.75 Å². The van der Waals surface area contributed by atoms with E-state index in [4.69, 9.17) is 4.74 Å². The van der Waals surface area contributed by atoms with Crippen LogP contribution in [0.3, 0.4) is 0 Å². The molecule has 2 aromatic rings. The van der Waals surface area contributed by atoms with Gasteiger partial charge < -0.3 is 10.1 Å². The number of anilines is 1. The van der Waals surface area contributed by atoms with E-state index in [1.807, 2.05) is 19.1 Å². The summed E-state index contributed by atoms with van der Waals surface area (Å²) in [6.45, 7) is 2.82. The van der Waals surface area contributed by atoms with Crippen LogP contribution in [0, 0.1) is 0 Å². The highest BCUT2D eigenvalue weighted by Crippen LogP contribution is 2.28. The highest BCUT2D eigenvalue weighted by molar-refractivity contribution is 7.89. The third-order valence-electron chi connectivity index (χ3n) is 4.80. The first kappa shape index (κ1) is 20.4. The number of hydrogen-bond donors (Lipinski definition) is 1. The highest BCUT2D eigenvalue weighted by Gasteiger charge is 2.34. The average molecular weight is 403 g/mol. The van der Waals surface area contributed by atoms with Crippen molar-refractivity contribution in [1.29, 1.82) is 0 Å². The van der Waals surface area contributed by atoms with Gasteiger partial charge in [-0.2, -0.15) is 4.31 Å². The molecule has 1 atom stereocenters. The largest absolute Gasteiger partial charge is 0.492 e. The molecular formula is C21H26N2O4S. The summed E-state index contributed by atoms with van der Waals surface area (Å²) in [7, 11) is -3.62. The fraction of sp³-hybridized carbons (Fsp3) is 0.381. The fourth-order valence-corrected chi connectivity index (χ4v) is 5.20. The van der Waals surface area contributed by atoms with Gasteiger partial charge in [0.1, 0.15) is 5.75 Å². The summed E-state index contributed by atoms with van der Waals surface area (Å²) >= 11 is 0. The minimum Gasteiger partial charge on any atom is -0.492 e. The smallest absolute Gasteiger partial charge is 0.243 e. The van der Waals surface area contributed by atoms with E-state index < -0.39 is 10.0 Å². The molecule has 2 aromatic carbocycles. The van der Waals surface area contributed by atoms with Gasteiger partial charge in [-0.25, -0.2) is 8.42 Å². The number of hydrogen-bond acceptors (Lipinski definition) is 4. The zero-order valence-electron chi connectivity index (χ0n) is 16.0. The molecule has 150 valence electrons.